The van der Waals surface area contributed by atoms with Crippen molar-refractivity contribution in [3.63, 3.8) is 0 Å². The Morgan fingerprint density at radius 2 is 1.17 bits per heavy atom. The number of furan rings is 1. The summed E-state index contributed by atoms with van der Waals surface area (Å²) >= 11 is 0. The number of fused-ring (bicyclic) bond motifs is 4. The highest BCUT2D eigenvalue weighted by Gasteiger charge is 2.24. The summed E-state index contributed by atoms with van der Waals surface area (Å²) in [4.78, 5) is 10.3. The standard InChI is InChI=1S/C43H29N3O/c1-3-11-28(12-4-1)30-21-24-31(25-22-30)35-17-9-18-36-39-37(19-10-20-38(39)47-40(35)36)43-45-41(32-14-5-2-6-15-32)44-42(46-43)34-26-23-29-13-7-8-16-33(29)27-34/h1-27,41H,(H,44,45,46). The molecule has 0 aliphatic carbocycles. The maximum absolute atomic E-state index is 6.64. The Bertz CT molecular complexity index is 2480. The first-order valence-electron chi connectivity index (χ1n) is 15.9. The molecule has 222 valence electrons. The normalized spacial score (nSPS) is 14.6. The van der Waals surface area contributed by atoms with Crippen LogP contribution < -0.4 is 5.32 Å². The third-order valence-electron chi connectivity index (χ3n) is 8.95. The van der Waals surface area contributed by atoms with Crippen LogP contribution in [0, 0.1) is 0 Å². The van der Waals surface area contributed by atoms with Crippen molar-refractivity contribution >= 4 is 44.4 Å². The Kier molecular flexibility index (Phi) is 6.50. The van der Waals surface area contributed by atoms with Gasteiger partial charge in [-0.1, -0.05) is 152 Å². The molecule has 8 aromatic rings. The number of nitrogens with one attached hydrogen (secondary N) is 1. The molecule has 1 unspecified atom stereocenters. The SMILES string of the molecule is c1ccc(-c2ccc(-c3cccc4c3oc3cccc(C5=NC(c6ccc7ccccc7c6)=NC(c6ccccc6)N5)c34)cc2)cc1. The van der Waals surface area contributed by atoms with Gasteiger partial charge in [0.15, 0.2) is 5.84 Å². The number of hydrogen-bond donors (Lipinski definition) is 1. The molecule has 7 aromatic carbocycles. The summed E-state index contributed by atoms with van der Waals surface area (Å²) in [5.41, 5.74) is 9.27. The first-order chi connectivity index (χ1) is 23.3. The summed E-state index contributed by atoms with van der Waals surface area (Å²) in [7, 11) is 0. The largest absolute Gasteiger partial charge is 0.455 e. The summed E-state index contributed by atoms with van der Waals surface area (Å²) in [6.45, 7) is 0. The third-order valence-corrected chi connectivity index (χ3v) is 8.95. The molecule has 47 heavy (non-hydrogen) atoms. The average Bonchev–Trinajstić information content (AvgIpc) is 3.55. The number of benzene rings is 7. The van der Waals surface area contributed by atoms with E-state index in [0.29, 0.717) is 5.84 Å². The zero-order valence-corrected chi connectivity index (χ0v) is 25.5. The van der Waals surface area contributed by atoms with Crippen molar-refractivity contribution in [2.75, 3.05) is 0 Å². The molecule has 0 saturated heterocycles. The van der Waals surface area contributed by atoms with E-state index < -0.39 is 0 Å². The summed E-state index contributed by atoms with van der Waals surface area (Å²) in [5, 5.41) is 8.09. The zero-order valence-electron chi connectivity index (χ0n) is 25.5. The van der Waals surface area contributed by atoms with Gasteiger partial charge in [-0.3, -0.25) is 0 Å². The van der Waals surface area contributed by atoms with E-state index in [2.05, 4.69) is 133 Å². The second-order valence-corrected chi connectivity index (χ2v) is 11.8. The summed E-state index contributed by atoms with van der Waals surface area (Å²) in [6.07, 6.45) is -0.294. The molecule has 0 radical (unpaired) electrons. The fourth-order valence-corrected chi connectivity index (χ4v) is 6.60. The van der Waals surface area contributed by atoms with Gasteiger partial charge in [-0.2, -0.15) is 0 Å². The van der Waals surface area contributed by atoms with Gasteiger partial charge < -0.3 is 9.73 Å². The molecule has 1 aliphatic rings. The van der Waals surface area contributed by atoms with Crippen LogP contribution in [-0.2, 0) is 0 Å². The quantitative estimate of drug-likeness (QED) is 0.213. The van der Waals surface area contributed by atoms with Crippen molar-refractivity contribution < 1.29 is 4.42 Å². The van der Waals surface area contributed by atoms with Crippen molar-refractivity contribution in [1.29, 1.82) is 0 Å². The third kappa shape index (κ3) is 4.88. The topological polar surface area (TPSA) is 49.9 Å². The fourth-order valence-electron chi connectivity index (χ4n) is 6.60. The number of aliphatic imine (C=N–C) groups is 2. The number of nitrogens with zero attached hydrogens (tertiary/aromatic N) is 2. The Morgan fingerprint density at radius 1 is 0.511 bits per heavy atom. The first kappa shape index (κ1) is 27.1. The van der Waals surface area contributed by atoms with Gasteiger partial charge in [-0.05, 0) is 45.2 Å². The maximum Gasteiger partial charge on any atom is 0.159 e. The Balaban J connectivity index is 1.18. The van der Waals surface area contributed by atoms with Gasteiger partial charge in [0.25, 0.3) is 0 Å². The lowest BCUT2D eigenvalue weighted by Crippen LogP contribution is -2.33. The molecule has 1 atom stereocenters. The van der Waals surface area contributed by atoms with E-state index in [-0.39, 0.29) is 6.17 Å². The molecule has 1 N–H and O–H groups in total. The van der Waals surface area contributed by atoms with Crippen molar-refractivity contribution in [2.24, 2.45) is 9.98 Å². The molecule has 0 amide bonds. The Labute approximate surface area is 272 Å². The van der Waals surface area contributed by atoms with Crippen molar-refractivity contribution in [3.05, 3.63) is 180 Å². The molecule has 2 heterocycles. The lowest BCUT2D eigenvalue weighted by molar-refractivity contribution is 0.668. The van der Waals surface area contributed by atoms with Crippen molar-refractivity contribution in [1.82, 2.24) is 5.32 Å². The summed E-state index contributed by atoms with van der Waals surface area (Å²) in [6, 6.07) is 56.9. The van der Waals surface area contributed by atoms with E-state index in [9.17, 15) is 0 Å². The van der Waals surface area contributed by atoms with E-state index >= 15 is 0 Å². The highest BCUT2D eigenvalue weighted by atomic mass is 16.3. The number of para-hydroxylation sites is 1. The fraction of sp³-hybridized carbons (Fsp3) is 0.0233. The average molecular weight is 604 g/mol. The number of amidine groups is 2. The number of rotatable bonds is 5. The minimum atomic E-state index is -0.294. The maximum atomic E-state index is 6.64. The van der Waals surface area contributed by atoms with Crippen LogP contribution in [-0.4, -0.2) is 11.7 Å². The van der Waals surface area contributed by atoms with Crippen LogP contribution >= 0.6 is 0 Å². The van der Waals surface area contributed by atoms with Crippen molar-refractivity contribution in [3.8, 4) is 22.3 Å². The van der Waals surface area contributed by atoms with Crippen molar-refractivity contribution in [2.45, 2.75) is 6.17 Å². The second kappa shape index (κ2) is 11.3. The van der Waals surface area contributed by atoms with E-state index in [1.54, 1.807) is 0 Å². The number of hydrogen-bond acceptors (Lipinski definition) is 4. The molecule has 0 fully saturated rings. The van der Waals surface area contributed by atoms with E-state index in [0.717, 1.165) is 61.0 Å². The molecule has 4 nitrogen and oxygen atoms in total. The highest BCUT2D eigenvalue weighted by molar-refractivity contribution is 6.23. The Morgan fingerprint density at radius 3 is 2.00 bits per heavy atom. The molecule has 0 bridgehead atoms. The van der Waals surface area contributed by atoms with E-state index in [4.69, 9.17) is 14.4 Å². The lowest BCUT2D eigenvalue weighted by atomic mass is 9.98. The van der Waals surface area contributed by atoms with Gasteiger partial charge in [-0.25, -0.2) is 9.98 Å². The smallest absolute Gasteiger partial charge is 0.159 e. The van der Waals surface area contributed by atoms with Crippen LogP contribution in [0.1, 0.15) is 22.9 Å². The monoisotopic (exact) mass is 603 g/mol. The minimum Gasteiger partial charge on any atom is -0.455 e. The summed E-state index contributed by atoms with van der Waals surface area (Å²) < 4.78 is 6.64. The lowest BCUT2D eigenvalue weighted by Gasteiger charge is -2.24. The molecular weight excluding hydrogens is 574 g/mol. The van der Waals surface area contributed by atoms with Crippen LogP contribution in [0.4, 0.5) is 0 Å². The molecule has 0 saturated carbocycles. The van der Waals surface area contributed by atoms with Gasteiger partial charge in [-0.15, -0.1) is 0 Å². The molecule has 0 spiro atoms. The predicted octanol–water partition coefficient (Wildman–Crippen LogP) is 10.6. The van der Waals surface area contributed by atoms with E-state index in [1.165, 1.54) is 16.5 Å². The van der Waals surface area contributed by atoms with Crippen LogP contribution in [0.5, 0.6) is 0 Å². The zero-order chi connectivity index (χ0) is 31.2. The van der Waals surface area contributed by atoms with Crippen LogP contribution in [0.15, 0.2) is 178 Å². The van der Waals surface area contributed by atoms with E-state index in [1.807, 2.05) is 36.4 Å². The second-order valence-electron chi connectivity index (χ2n) is 11.8. The van der Waals surface area contributed by atoms with Gasteiger partial charge in [0, 0.05) is 27.5 Å². The Hall–Kier alpha value is -6.26. The molecule has 4 heteroatoms. The molecular formula is C43H29N3O. The summed E-state index contributed by atoms with van der Waals surface area (Å²) in [5.74, 6) is 1.46. The molecule has 1 aromatic heterocycles. The molecule has 9 rings (SSSR count). The highest BCUT2D eigenvalue weighted by Crippen LogP contribution is 2.38. The van der Waals surface area contributed by atoms with Gasteiger partial charge in [0.1, 0.15) is 23.2 Å². The molecule has 1 aliphatic heterocycles. The van der Waals surface area contributed by atoms with Crippen LogP contribution in [0.25, 0.3) is 55.0 Å². The van der Waals surface area contributed by atoms with Crippen LogP contribution in [0.2, 0.25) is 0 Å². The predicted molar refractivity (Wildman–Crippen MR) is 194 cm³/mol. The van der Waals surface area contributed by atoms with Gasteiger partial charge >= 0.3 is 0 Å². The van der Waals surface area contributed by atoms with Gasteiger partial charge in [0.2, 0.25) is 0 Å². The van der Waals surface area contributed by atoms with Crippen LogP contribution in [0.3, 0.4) is 0 Å². The minimum absolute atomic E-state index is 0.294. The first-order valence-corrected chi connectivity index (χ1v) is 15.9. The van der Waals surface area contributed by atoms with Gasteiger partial charge in [0.05, 0.1) is 0 Å².